The van der Waals surface area contributed by atoms with E-state index in [1.807, 2.05) is 11.8 Å². The fourth-order valence-corrected chi connectivity index (χ4v) is 5.52. The van der Waals surface area contributed by atoms with Crippen LogP contribution in [0.15, 0.2) is 29.2 Å². The van der Waals surface area contributed by atoms with Crippen molar-refractivity contribution in [2.45, 2.75) is 67.5 Å². The van der Waals surface area contributed by atoms with Crippen LogP contribution in [0.2, 0.25) is 0 Å². The molecule has 2 heterocycles. The van der Waals surface area contributed by atoms with Crippen LogP contribution >= 0.6 is 11.8 Å². The van der Waals surface area contributed by atoms with Crippen LogP contribution in [0.4, 0.5) is 4.79 Å². The molecular weight excluding hydrogens is 320 g/mol. The van der Waals surface area contributed by atoms with Crippen LogP contribution in [0.3, 0.4) is 0 Å². The van der Waals surface area contributed by atoms with Crippen molar-refractivity contribution >= 4 is 17.8 Å². The number of rotatable bonds is 2. The largest absolute Gasteiger partial charge is 0.375 e. The van der Waals surface area contributed by atoms with Crippen LogP contribution in [-0.4, -0.2) is 30.0 Å². The first-order valence-electron chi connectivity index (χ1n) is 9.17. The number of urea groups is 1. The molecule has 130 valence electrons. The van der Waals surface area contributed by atoms with Gasteiger partial charge in [0.25, 0.3) is 0 Å². The third kappa shape index (κ3) is 3.42. The van der Waals surface area contributed by atoms with Gasteiger partial charge in [0.05, 0.1) is 11.6 Å². The molecule has 1 aromatic rings. The average molecular weight is 346 g/mol. The van der Waals surface area contributed by atoms with Crippen molar-refractivity contribution in [1.29, 1.82) is 0 Å². The summed E-state index contributed by atoms with van der Waals surface area (Å²) < 4.78 is 6.06. The van der Waals surface area contributed by atoms with E-state index in [4.69, 9.17) is 4.74 Å². The van der Waals surface area contributed by atoms with Gasteiger partial charge in [0.1, 0.15) is 0 Å². The van der Waals surface area contributed by atoms with Crippen LogP contribution in [0.1, 0.15) is 56.6 Å². The third-order valence-corrected chi connectivity index (χ3v) is 6.73. The van der Waals surface area contributed by atoms with E-state index >= 15 is 0 Å². The Morgan fingerprint density at radius 1 is 1.17 bits per heavy atom. The van der Waals surface area contributed by atoms with Gasteiger partial charge < -0.3 is 15.4 Å². The van der Waals surface area contributed by atoms with E-state index in [0.717, 1.165) is 44.5 Å². The van der Waals surface area contributed by atoms with E-state index in [0.29, 0.717) is 0 Å². The Morgan fingerprint density at radius 2 is 2.00 bits per heavy atom. The fourth-order valence-electron chi connectivity index (χ4n) is 4.40. The predicted octanol–water partition coefficient (Wildman–Crippen LogP) is 4.01. The van der Waals surface area contributed by atoms with Gasteiger partial charge in [-0.05, 0) is 43.7 Å². The molecule has 0 aromatic heterocycles. The maximum Gasteiger partial charge on any atom is 0.315 e. The van der Waals surface area contributed by atoms with Crippen molar-refractivity contribution in [2.24, 2.45) is 0 Å². The molecule has 2 aliphatic heterocycles. The molecule has 0 unspecified atom stereocenters. The Morgan fingerprint density at radius 3 is 2.88 bits per heavy atom. The topological polar surface area (TPSA) is 50.4 Å². The second-order valence-corrected chi connectivity index (χ2v) is 8.41. The summed E-state index contributed by atoms with van der Waals surface area (Å²) in [5.74, 6) is 1.06. The Hall–Kier alpha value is -1.20. The van der Waals surface area contributed by atoms with Gasteiger partial charge >= 0.3 is 6.03 Å². The number of thioether (sulfide) groups is 1. The van der Waals surface area contributed by atoms with Gasteiger partial charge in [-0.25, -0.2) is 4.79 Å². The molecule has 2 atom stereocenters. The molecule has 1 aromatic carbocycles. The van der Waals surface area contributed by atoms with E-state index in [1.54, 1.807) is 0 Å². The number of benzene rings is 1. The van der Waals surface area contributed by atoms with Crippen LogP contribution in [0, 0.1) is 0 Å². The van der Waals surface area contributed by atoms with Crippen molar-refractivity contribution < 1.29 is 9.53 Å². The number of hydrogen-bond acceptors (Lipinski definition) is 3. The Bertz CT molecular complexity index is 601. The summed E-state index contributed by atoms with van der Waals surface area (Å²) >= 11 is 1.88. The zero-order valence-corrected chi connectivity index (χ0v) is 14.9. The monoisotopic (exact) mass is 346 g/mol. The Balaban J connectivity index is 1.36. The number of ether oxygens (including phenoxy) is 1. The molecule has 2 fully saturated rings. The molecule has 1 saturated heterocycles. The molecule has 4 nitrogen and oxygen atoms in total. The smallest absolute Gasteiger partial charge is 0.315 e. The summed E-state index contributed by atoms with van der Waals surface area (Å²) in [5, 5.41) is 6.41. The third-order valence-electron chi connectivity index (χ3n) is 5.61. The maximum atomic E-state index is 12.5. The number of amides is 2. The lowest BCUT2D eigenvalue weighted by Gasteiger charge is -2.38. The van der Waals surface area contributed by atoms with Gasteiger partial charge in [0.2, 0.25) is 0 Å². The first-order valence-corrected chi connectivity index (χ1v) is 10.2. The predicted molar refractivity (Wildman–Crippen MR) is 96.4 cm³/mol. The van der Waals surface area contributed by atoms with Crippen LogP contribution in [0.5, 0.6) is 0 Å². The van der Waals surface area contributed by atoms with E-state index in [9.17, 15) is 4.79 Å². The van der Waals surface area contributed by atoms with Gasteiger partial charge in [-0.1, -0.05) is 31.0 Å². The standard InChI is InChI=1S/C19H26N2O2S/c22-18(20-14-7-11-23-19(13-14)9-3-4-10-19)21-16-8-12-24-17-6-2-1-5-15(16)17/h1-2,5-6,14,16H,3-4,7-13H2,(H2,20,21,22)/t14-,16-/m0/s1. The highest BCUT2D eigenvalue weighted by molar-refractivity contribution is 7.99. The van der Waals surface area contributed by atoms with E-state index in [-0.39, 0.29) is 23.7 Å². The number of fused-ring (bicyclic) bond motifs is 1. The average Bonchev–Trinajstić information content (AvgIpc) is 3.03. The van der Waals surface area contributed by atoms with Crippen molar-refractivity contribution in [3.05, 3.63) is 29.8 Å². The SMILES string of the molecule is O=C(N[C@H]1CCOC2(CCCC2)C1)N[C@H]1CCSc2ccccc21. The number of carbonyl (C=O) groups is 1. The Kier molecular flexibility index (Phi) is 4.72. The summed E-state index contributed by atoms with van der Waals surface area (Å²) in [5.41, 5.74) is 1.30. The van der Waals surface area contributed by atoms with Crippen molar-refractivity contribution in [3.63, 3.8) is 0 Å². The normalized spacial score (nSPS) is 28.3. The lowest BCUT2D eigenvalue weighted by Crippen LogP contribution is -2.50. The lowest BCUT2D eigenvalue weighted by molar-refractivity contribution is -0.0820. The zero-order chi connectivity index (χ0) is 16.4. The van der Waals surface area contributed by atoms with E-state index in [2.05, 4.69) is 34.9 Å². The minimum atomic E-state index is -0.0262. The molecule has 0 radical (unpaired) electrons. The first kappa shape index (κ1) is 16.3. The molecule has 4 rings (SSSR count). The van der Waals surface area contributed by atoms with Crippen LogP contribution in [-0.2, 0) is 4.74 Å². The van der Waals surface area contributed by atoms with Crippen molar-refractivity contribution in [3.8, 4) is 0 Å². The highest BCUT2D eigenvalue weighted by Gasteiger charge is 2.40. The van der Waals surface area contributed by atoms with Crippen LogP contribution in [0.25, 0.3) is 0 Å². The quantitative estimate of drug-likeness (QED) is 0.850. The summed E-state index contributed by atoms with van der Waals surface area (Å²) in [4.78, 5) is 13.8. The summed E-state index contributed by atoms with van der Waals surface area (Å²) in [6, 6.07) is 8.74. The van der Waals surface area contributed by atoms with Gasteiger partial charge in [-0.15, -0.1) is 11.8 Å². The molecule has 1 aliphatic carbocycles. The van der Waals surface area contributed by atoms with E-state index < -0.39 is 0 Å². The van der Waals surface area contributed by atoms with Gasteiger partial charge in [-0.3, -0.25) is 0 Å². The van der Waals surface area contributed by atoms with Gasteiger partial charge in [0, 0.05) is 23.3 Å². The molecule has 24 heavy (non-hydrogen) atoms. The summed E-state index contributed by atoms with van der Waals surface area (Å²) in [6.45, 7) is 0.772. The molecule has 2 amide bonds. The minimum absolute atomic E-state index is 0.0262. The van der Waals surface area contributed by atoms with E-state index in [1.165, 1.54) is 23.3 Å². The first-order chi connectivity index (χ1) is 11.7. The van der Waals surface area contributed by atoms with Crippen LogP contribution < -0.4 is 10.6 Å². The van der Waals surface area contributed by atoms with Gasteiger partial charge in [-0.2, -0.15) is 0 Å². The lowest BCUT2D eigenvalue weighted by atomic mass is 9.89. The molecular formula is C19H26N2O2S. The van der Waals surface area contributed by atoms with Crippen molar-refractivity contribution in [1.82, 2.24) is 10.6 Å². The number of hydrogen-bond donors (Lipinski definition) is 2. The summed E-state index contributed by atoms with van der Waals surface area (Å²) in [6.07, 6.45) is 7.71. The molecule has 2 N–H and O–H groups in total. The number of carbonyl (C=O) groups excluding carboxylic acids is 1. The second kappa shape index (κ2) is 6.96. The fraction of sp³-hybridized carbons (Fsp3) is 0.632. The molecule has 5 heteroatoms. The molecule has 3 aliphatic rings. The van der Waals surface area contributed by atoms with Crippen molar-refractivity contribution in [2.75, 3.05) is 12.4 Å². The number of nitrogens with one attached hydrogen (secondary N) is 2. The summed E-state index contributed by atoms with van der Waals surface area (Å²) in [7, 11) is 0. The second-order valence-electron chi connectivity index (χ2n) is 7.27. The minimum Gasteiger partial charge on any atom is -0.375 e. The maximum absolute atomic E-state index is 12.5. The zero-order valence-electron chi connectivity index (χ0n) is 14.1. The molecule has 1 spiro atoms. The highest BCUT2D eigenvalue weighted by Crippen LogP contribution is 2.40. The van der Waals surface area contributed by atoms with Gasteiger partial charge in [0.15, 0.2) is 0 Å². The Labute approximate surface area is 148 Å². The highest BCUT2D eigenvalue weighted by atomic mass is 32.2. The molecule has 1 saturated carbocycles. The molecule has 0 bridgehead atoms.